The molecule has 1 saturated heterocycles. The number of nitrogens with zero attached hydrogens (tertiary/aromatic N) is 2. The van der Waals surface area contributed by atoms with E-state index >= 15 is 0 Å². The third kappa shape index (κ3) is 3.86. The van der Waals surface area contributed by atoms with Gasteiger partial charge < -0.3 is 10.2 Å². The lowest BCUT2D eigenvalue weighted by molar-refractivity contribution is 0.553. The Hall–Kier alpha value is -0.800. The van der Waals surface area contributed by atoms with Crippen LogP contribution in [0.1, 0.15) is 50.6 Å². The lowest BCUT2D eigenvalue weighted by Crippen LogP contribution is -2.28. The van der Waals surface area contributed by atoms with Crippen molar-refractivity contribution in [3.05, 3.63) is 22.8 Å². The quantitative estimate of drug-likeness (QED) is 0.916. The van der Waals surface area contributed by atoms with Gasteiger partial charge in [0.25, 0.3) is 0 Å². The topological polar surface area (TPSA) is 28.2 Å². The van der Waals surface area contributed by atoms with Crippen LogP contribution in [0.4, 0.5) is 5.82 Å². The van der Waals surface area contributed by atoms with Crippen LogP contribution in [0.15, 0.2) is 12.1 Å². The maximum Gasteiger partial charge on any atom is 0.128 e. The van der Waals surface area contributed by atoms with Crippen molar-refractivity contribution in [1.82, 2.24) is 10.3 Å². The molecule has 1 aromatic rings. The zero-order valence-corrected chi connectivity index (χ0v) is 12.8. The molecule has 0 radical (unpaired) electrons. The normalized spacial score (nSPS) is 20.6. The maximum absolute atomic E-state index is 6.28. The van der Waals surface area contributed by atoms with Gasteiger partial charge in [0.2, 0.25) is 0 Å². The van der Waals surface area contributed by atoms with Gasteiger partial charge in [-0.25, -0.2) is 4.98 Å². The highest BCUT2D eigenvalue weighted by Crippen LogP contribution is 2.24. The molecule has 0 atom stereocenters. The van der Waals surface area contributed by atoms with Gasteiger partial charge in [-0.15, -0.1) is 0 Å². The Morgan fingerprint density at radius 3 is 2.50 bits per heavy atom. The molecule has 1 N–H and O–H groups in total. The van der Waals surface area contributed by atoms with E-state index in [1.165, 1.54) is 44.9 Å². The van der Waals surface area contributed by atoms with Gasteiger partial charge in [0.1, 0.15) is 5.82 Å². The molecule has 1 saturated carbocycles. The summed E-state index contributed by atoms with van der Waals surface area (Å²) >= 11 is 6.28. The van der Waals surface area contributed by atoms with E-state index in [4.69, 9.17) is 16.6 Å². The second-order valence-electron chi connectivity index (χ2n) is 6.01. The minimum atomic E-state index is 0.693. The molecule has 0 amide bonds. The number of hydrogen-bond donors (Lipinski definition) is 1. The molecule has 3 rings (SSSR count). The van der Waals surface area contributed by atoms with E-state index in [-0.39, 0.29) is 0 Å². The molecule has 2 aliphatic rings. The van der Waals surface area contributed by atoms with Crippen molar-refractivity contribution in [2.75, 3.05) is 18.0 Å². The first kappa shape index (κ1) is 14.2. The number of nitrogens with one attached hydrogen (secondary N) is 1. The molecule has 3 nitrogen and oxygen atoms in total. The molecule has 1 aromatic heterocycles. The first-order valence-corrected chi connectivity index (χ1v) is 8.34. The number of pyridine rings is 1. The average Bonchev–Trinajstić information content (AvgIpc) is 3.22. The second kappa shape index (κ2) is 6.77. The van der Waals surface area contributed by atoms with Crippen molar-refractivity contribution >= 4 is 17.4 Å². The van der Waals surface area contributed by atoms with Gasteiger partial charge in [-0.3, -0.25) is 0 Å². The fraction of sp³-hybridized carbons (Fsp3) is 0.688. The molecule has 20 heavy (non-hydrogen) atoms. The minimum Gasteiger partial charge on any atom is -0.357 e. The Bertz CT molecular complexity index is 437. The smallest absolute Gasteiger partial charge is 0.128 e. The number of rotatable bonds is 4. The molecule has 0 unspecified atom stereocenters. The number of halogens is 1. The van der Waals surface area contributed by atoms with E-state index in [2.05, 4.69) is 16.3 Å². The molecule has 1 aliphatic heterocycles. The van der Waals surface area contributed by atoms with E-state index in [0.717, 1.165) is 36.2 Å². The fourth-order valence-corrected chi connectivity index (χ4v) is 2.95. The van der Waals surface area contributed by atoms with Crippen molar-refractivity contribution in [3.8, 4) is 0 Å². The first-order valence-electron chi connectivity index (χ1n) is 7.97. The minimum absolute atomic E-state index is 0.693. The van der Waals surface area contributed by atoms with Gasteiger partial charge in [-0.1, -0.05) is 30.9 Å². The molecule has 0 spiro atoms. The summed E-state index contributed by atoms with van der Waals surface area (Å²) in [5.41, 5.74) is 0.998. The number of hydrogen-bond acceptors (Lipinski definition) is 3. The Labute approximate surface area is 126 Å². The van der Waals surface area contributed by atoms with Crippen molar-refractivity contribution in [1.29, 1.82) is 0 Å². The first-order chi connectivity index (χ1) is 9.83. The van der Waals surface area contributed by atoms with Gasteiger partial charge in [0.05, 0.1) is 10.7 Å². The van der Waals surface area contributed by atoms with Crippen LogP contribution >= 0.6 is 11.6 Å². The third-order valence-electron chi connectivity index (χ3n) is 4.22. The summed E-state index contributed by atoms with van der Waals surface area (Å²) in [5, 5.41) is 4.29. The predicted octanol–water partition coefficient (Wildman–Crippen LogP) is 3.76. The largest absolute Gasteiger partial charge is 0.357 e. The summed E-state index contributed by atoms with van der Waals surface area (Å²) in [6, 6.07) is 4.77. The molecule has 1 aliphatic carbocycles. The van der Waals surface area contributed by atoms with E-state index in [1.54, 1.807) is 0 Å². The van der Waals surface area contributed by atoms with Crippen LogP contribution in [-0.4, -0.2) is 24.1 Å². The fourth-order valence-electron chi connectivity index (χ4n) is 2.78. The van der Waals surface area contributed by atoms with Gasteiger partial charge in [-0.2, -0.15) is 0 Å². The van der Waals surface area contributed by atoms with Crippen LogP contribution < -0.4 is 10.2 Å². The summed E-state index contributed by atoms with van der Waals surface area (Å²) in [6.07, 6.45) is 9.23. The van der Waals surface area contributed by atoms with Crippen LogP contribution in [0, 0.1) is 0 Å². The Kier molecular flexibility index (Phi) is 4.79. The summed E-state index contributed by atoms with van der Waals surface area (Å²) in [5.74, 6) is 1.10. The van der Waals surface area contributed by atoms with Crippen LogP contribution in [0.2, 0.25) is 5.02 Å². The van der Waals surface area contributed by atoms with Crippen LogP contribution in [0.3, 0.4) is 0 Å². The maximum atomic E-state index is 6.28. The van der Waals surface area contributed by atoms with E-state index in [9.17, 15) is 0 Å². The molecule has 0 bridgehead atoms. The molecule has 2 fully saturated rings. The average molecular weight is 294 g/mol. The van der Waals surface area contributed by atoms with Crippen molar-refractivity contribution in [2.45, 2.75) is 57.5 Å². The Morgan fingerprint density at radius 2 is 1.80 bits per heavy atom. The van der Waals surface area contributed by atoms with Crippen LogP contribution in [0.5, 0.6) is 0 Å². The molecular formula is C16H24ClN3. The second-order valence-corrected chi connectivity index (χ2v) is 6.42. The highest BCUT2D eigenvalue weighted by atomic mass is 35.5. The zero-order valence-electron chi connectivity index (χ0n) is 12.1. The summed E-state index contributed by atoms with van der Waals surface area (Å²) in [6.45, 7) is 3.05. The Balaban J connectivity index is 1.68. The standard InChI is InChI=1S/C16H24ClN3/c17-14-8-9-16(19-15(14)12-18-13-6-7-13)20-10-4-2-1-3-5-11-20/h8-9,13,18H,1-7,10-12H2. The zero-order chi connectivity index (χ0) is 13.8. The van der Waals surface area contributed by atoms with E-state index < -0.39 is 0 Å². The summed E-state index contributed by atoms with van der Waals surface area (Å²) in [7, 11) is 0. The van der Waals surface area contributed by atoms with Gasteiger partial charge >= 0.3 is 0 Å². The molecule has 4 heteroatoms. The number of anilines is 1. The highest BCUT2D eigenvalue weighted by molar-refractivity contribution is 6.31. The lowest BCUT2D eigenvalue weighted by Gasteiger charge is -2.26. The van der Waals surface area contributed by atoms with Gasteiger partial charge in [0.15, 0.2) is 0 Å². The Morgan fingerprint density at radius 1 is 1.10 bits per heavy atom. The van der Waals surface area contributed by atoms with Gasteiger partial charge in [0, 0.05) is 25.7 Å². The van der Waals surface area contributed by atoms with Crippen LogP contribution in [-0.2, 0) is 6.54 Å². The number of aromatic nitrogens is 1. The SMILES string of the molecule is Clc1ccc(N2CCCCCCC2)nc1CNC1CC1. The summed E-state index contributed by atoms with van der Waals surface area (Å²) < 4.78 is 0. The van der Waals surface area contributed by atoms with E-state index in [1.807, 2.05) is 6.07 Å². The molecule has 110 valence electrons. The van der Waals surface area contributed by atoms with Gasteiger partial charge in [-0.05, 0) is 37.8 Å². The molecule has 2 heterocycles. The summed E-state index contributed by atoms with van der Waals surface area (Å²) in [4.78, 5) is 7.23. The lowest BCUT2D eigenvalue weighted by atomic mass is 10.1. The van der Waals surface area contributed by atoms with Crippen molar-refractivity contribution in [3.63, 3.8) is 0 Å². The predicted molar refractivity (Wildman–Crippen MR) is 84.4 cm³/mol. The third-order valence-corrected chi connectivity index (χ3v) is 4.56. The highest BCUT2D eigenvalue weighted by Gasteiger charge is 2.21. The monoisotopic (exact) mass is 293 g/mol. The molecule has 0 aromatic carbocycles. The molecular weight excluding hydrogens is 270 g/mol. The van der Waals surface area contributed by atoms with E-state index in [0.29, 0.717) is 6.04 Å². The van der Waals surface area contributed by atoms with Crippen molar-refractivity contribution < 1.29 is 0 Å². The van der Waals surface area contributed by atoms with Crippen molar-refractivity contribution in [2.24, 2.45) is 0 Å². The van der Waals surface area contributed by atoms with Crippen LogP contribution in [0.25, 0.3) is 0 Å².